The number of amides is 1. The number of nitrogens with zero attached hydrogens (tertiary/aromatic N) is 5. The lowest BCUT2D eigenvalue weighted by atomic mass is 9.87. The molecule has 2 heterocycles. The van der Waals surface area contributed by atoms with Gasteiger partial charge in [0.05, 0.1) is 0 Å². The van der Waals surface area contributed by atoms with E-state index in [1.54, 1.807) is 6.33 Å². The molecule has 6 heteroatoms. The van der Waals surface area contributed by atoms with E-state index in [9.17, 15) is 4.79 Å². The maximum Gasteiger partial charge on any atom is 0.223 e. The number of rotatable bonds is 4. The van der Waals surface area contributed by atoms with Crippen LogP contribution in [0.5, 0.6) is 0 Å². The van der Waals surface area contributed by atoms with E-state index in [1.807, 2.05) is 16.5 Å². The molecule has 1 fully saturated rings. The van der Waals surface area contributed by atoms with E-state index in [4.69, 9.17) is 0 Å². The molecule has 0 spiro atoms. The zero-order valence-electron chi connectivity index (χ0n) is 15.5. The van der Waals surface area contributed by atoms with Crippen LogP contribution >= 0.6 is 0 Å². The van der Waals surface area contributed by atoms with Crippen molar-refractivity contribution < 1.29 is 4.79 Å². The molecule has 1 atom stereocenters. The maximum atomic E-state index is 12.5. The van der Waals surface area contributed by atoms with Gasteiger partial charge in [-0.05, 0) is 30.4 Å². The second-order valence-electron chi connectivity index (χ2n) is 7.44. The van der Waals surface area contributed by atoms with E-state index in [0.717, 1.165) is 38.4 Å². The molecule has 1 amide bonds. The lowest BCUT2D eigenvalue weighted by Gasteiger charge is -2.41. The Hall–Kier alpha value is -2.21. The number of aromatic nitrogens is 3. The third kappa shape index (κ3) is 3.65. The smallest absolute Gasteiger partial charge is 0.223 e. The van der Waals surface area contributed by atoms with Crippen molar-refractivity contribution in [1.29, 1.82) is 0 Å². The second-order valence-corrected chi connectivity index (χ2v) is 7.44. The van der Waals surface area contributed by atoms with Crippen LogP contribution in [0.4, 0.5) is 0 Å². The number of hydrogen-bond donors (Lipinski definition) is 0. The molecule has 6 nitrogen and oxygen atoms in total. The van der Waals surface area contributed by atoms with Crippen LogP contribution in [-0.2, 0) is 31.1 Å². The van der Waals surface area contributed by atoms with Crippen LogP contribution in [-0.4, -0.2) is 62.7 Å². The predicted molar refractivity (Wildman–Crippen MR) is 99.7 cm³/mol. The van der Waals surface area contributed by atoms with Crippen molar-refractivity contribution in [1.82, 2.24) is 24.6 Å². The fourth-order valence-corrected chi connectivity index (χ4v) is 4.24. The fourth-order valence-electron chi connectivity index (χ4n) is 4.24. The molecule has 0 saturated carbocycles. The molecule has 1 saturated heterocycles. The van der Waals surface area contributed by atoms with Gasteiger partial charge in [-0.1, -0.05) is 24.3 Å². The highest BCUT2D eigenvalue weighted by Crippen LogP contribution is 2.25. The molecule has 1 aliphatic carbocycles. The van der Waals surface area contributed by atoms with Gasteiger partial charge in [0.2, 0.25) is 5.91 Å². The highest BCUT2D eigenvalue weighted by molar-refractivity contribution is 5.76. The minimum atomic E-state index is 0.238. The first-order chi connectivity index (χ1) is 12.7. The van der Waals surface area contributed by atoms with Gasteiger partial charge in [0.1, 0.15) is 12.2 Å². The summed E-state index contributed by atoms with van der Waals surface area (Å²) >= 11 is 0. The molecule has 26 heavy (non-hydrogen) atoms. The van der Waals surface area contributed by atoms with Gasteiger partial charge >= 0.3 is 0 Å². The Kier molecular flexibility index (Phi) is 5.02. The molecule has 1 aromatic carbocycles. The average Bonchev–Trinajstić information content (AvgIpc) is 3.10. The summed E-state index contributed by atoms with van der Waals surface area (Å²) < 4.78 is 1.88. The van der Waals surface area contributed by atoms with Crippen LogP contribution in [0.1, 0.15) is 29.8 Å². The lowest BCUT2D eigenvalue weighted by Crippen LogP contribution is -2.53. The lowest BCUT2D eigenvalue weighted by molar-refractivity contribution is -0.133. The average molecular weight is 353 g/mol. The molecule has 138 valence electrons. The van der Waals surface area contributed by atoms with Crippen molar-refractivity contribution in [2.24, 2.45) is 7.05 Å². The molecule has 1 aliphatic heterocycles. The van der Waals surface area contributed by atoms with Gasteiger partial charge in [-0.2, -0.15) is 0 Å². The normalized spacial score (nSPS) is 20.8. The van der Waals surface area contributed by atoms with Crippen molar-refractivity contribution in [2.45, 2.75) is 38.1 Å². The topological polar surface area (TPSA) is 54.3 Å². The summed E-state index contributed by atoms with van der Waals surface area (Å²) in [7, 11) is 1.92. The Balaban J connectivity index is 1.26. The van der Waals surface area contributed by atoms with Crippen LogP contribution in [0.2, 0.25) is 0 Å². The molecule has 0 radical (unpaired) electrons. The Bertz CT molecular complexity index is 763. The van der Waals surface area contributed by atoms with Gasteiger partial charge in [0.25, 0.3) is 0 Å². The molecule has 2 aromatic rings. The number of piperazine rings is 1. The van der Waals surface area contributed by atoms with E-state index < -0.39 is 0 Å². The van der Waals surface area contributed by atoms with Crippen LogP contribution < -0.4 is 0 Å². The first-order valence-electron chi connectivity index (χ1n) is 9.62. The van der Waals surface area contributed by atoms with E-state index in [0.29, 0.717) is 18.9 Å². The molecular formula is C20H27N5O. The van der Waals surface area contributed by atoms with Gasteiger partial charge in [-0.15, -0.1) is 10.2 Å². The Morgan fingerprint density at radius 2 is 1.92 bits per heavy atom. The highest BCUT2D eigenvalue weighted by atomic mass is 16.2. The third-order valence-electron chi connectivity index (χ3n) is 5.87. The van der Waals surface area contributed by atoms with E-state index in [-0.39, 0.29) is 5.91 Å². The molecule has 2 aliphatic rings. The summed E-state index contributed by atoms with van der Waals surface area (Å²) in [6.07, 6.45) is 6.42. The summed E-state index contributed by atoms with van der Waals surface area (Å²) in [5.74, 6) is 1.11. The van der Waals surface area contributed by atoms with E-state index in [1.165, 1.54) is 24.0 Å². The number of hydrogen-bond acceptors (Lipinski definition) is 4. The quantitative estimate of drug-likeness (QED) is 0.835. The third-order valence-corrected chi connectivity index (χ3v) is 5.87. The zero-order chi connectivity index (χ0) is 17.9. The Labute approximate surface area is 154 Å². The SMILES string of the molecule is Cn1cnnc1CCC(=O)N1CCN([C@@H]2CCc3ccccc3C2)CC1. The summed E-state index contributed by atoms with van der Waals surface area (Å²) in [6.45, 7) is 3.66. The molecular weight excluding hydrogens is 326 g/mol. The van der Waals surface area contributed by atoms with E-state index in [2.05, 4.69) is 39.4 Å². The van der Waals surface area contributed by atoms with Gasteiger partial charge < -0.3 is 9.47 Å². The highest BCUT2D eigenvalue weighted by Gasteiger charge is 2.28. The molecule has 1 aromatic heterocycles. The predicted octanol–water partition coefficient (Wildman–Crippen LogP) is 1.45. The van der Waals surface area contributed by atoms with Crippen LogP contribution in [0, 0.1) is 0 Å². The molecule has 0 bridgehead atoms. The summed E-state index contributed by atoms with van der Waals surface area (Å²) in [6, 6.07) is 9.45. The second kappa shape index (κ2) is 7.58. The van der Waals surface area contributed by atoms with Crippen molar-refractivity contribution >= 4 is 5.91 Å². The summed E-state index contributed by atoms with van der Waals surface area (Å²) in [5, 5.41) is 7.93. The minimum Gasteiger partial charge on any atom is -0.340 e. The van der Waals surface area contributed by atoms with Gasteiger partial charge in [-0.3, -0.25) is 9.69 Å². The maximum absolute atomic E-state index is 12.5. The van der Waals surface area contributed by atoms with Gasteiger partial charge in [0, 0.05) is 52.1 Å². The van der Waals surface area contributed by atoms with Crippen LogP contribution in [0.25, 0.3) is 0 Å². The summed E-state index contributed by atoms with van der Waals surface area (Å²) in [4.78, 5) is 17.1. The van der Waals surface area contributed by atoms with Gasteiger partial charge in [0.15, 0.2) is 0 Å². The zero-order valence-corrected chi connectivity index (χ0v) is 15.5. The van der Waals surface area contributed by atoms with E-state index >= 15 is 0 Å². The Morgan fingerprint density at radius 3 is 2.65 bits per heavy atom. The van der Waals surface area contributed by atoms with Crippen molar-refractivity contribution in [3.05, 3.63) is 47.5 Å². The largest absolute Gasteiger partial charge is 0.340 e. The first-order valence-corrected chi connectivity index (χ1v) is 9.62. The number of aryl methyl sites for hydroxylation is 3. The molecule has 0 N–H and O–H groups in total. The molecule has 0 unspecified atom stereocenters. The first kappa shape index (κ1) is 17.2. The van der Waals surface area contributed by atoms with Crippen molar-refractivity contribution in [2.75, 3.05) is 26.2 Å². The van der Waals surface area contributed by atoms with Gasteiger partial charge in [-0.25, -0.2) is 0 Å². The van der Waals surface area contributed by atoms with Crippen molar-refractivity contribution in [3.8, 4) is 0 Å². The number of benzene rings is 1. The van der Waals surface area contributed by atoms with Crippen molar-refractivity contribution in [3.63, 3.8) is 0 Å². The van der Waals surface area contributed by atoms with Crippen LogP contribution in [0.15, 0.2) is 30.6 Å². The minimum absolute atomic E-state index is 0.238. The standard InChI is InChI=1S/C20H27N5O/c1-23-15-21-22-19(23)8-9-20(26)25-12-10-24(11-13-25)18-7-6-16-4-2-3-5-17(16)14-18/h2-5,15,18H,6-14H2,1H3/t18-/m1/s1. The summed E-state index contributed by atoms with van der Waals surface area (Å²) in [5.41, 5.74) is 3.02. The number of fused-ring (bicyclic) bond motifs is 1. The number of carbonyl (C=O) groups excluding carboxylic acids is 1. The Morgan fingerprint density at radius 1 is 1.15 bits per heavy atom. The molecule has 4 rings (SSSR count). The number of carbonyl (C=O) groups is 1. The van der Waals surface area contributed by atoms with Crippen LogP contribution in [0.3, 0.4) is 0 Å². The monoisotopic (exact) mass is 353 g/mol. The fraction of sp³-hybridized carbons (Fsp3) is 0.550.